The van der Waals surface area contributed by atoms with Crippen molar-refractivity contribution < 1.29 is 14.7 Å². The van der Waals surface area contributed by atoms with Gasteiger partial charge in [0.15, 0.2) is 0 Å². The molecule has 4 heteroatoms. The minimum Gasteiger partial charge on any atom is -0.480 e. The number of unbranched alkanes of at least 4 members (excludes halogenated alkanes) is 2. The highest BCUT2D eigenvalue weighted by molar-refractivity contribution is 5.84. The highest BCUT2D eigenvalue weighted by atomic mass is 16.4. The number of carboxylic acid groups (broad SMARTS) is 1. The number of aliphatic carboxylic acids is 1. The fourth-order valence-electron chi connectivity index (χ4n) is 3.67. The third-order valence-corrected chi connectivity index (χ3v) is 4.62. The van der Waals surface area contributed by atoms with Gasteiger partial charge in [0.05, 0.1) is 0 Å². The quantitative estimate of drug-likeness (QED) is 0.620. The van der Waals surface area contributed by atoms with E-state index < -0.39 is 12.0 Å². The van der Waals surface area contributed by atoms with Crippen LogP contribution in [0, 0.1) is 18.3 Å². The fraction of sp³-hybridized carbons (Fsp3) is 0.750. The molecule has 0 spiro atoms. The molecule has 1 aliphatic carbocycles. The number of rotatable bonds is 5. The molecule has 1 N–H and O–H groups in total. The summed E-state index contributed by atoms with van der Waals surface area (Å²) in [4.78, 5) is 25.5. The van der Waals surface area contributed by atoms with E-state index in [1.807, 2.05) is 0 Å². The molecule has 110 valence electrons. The first kappa shape index (κ1) is 14.9. The van der Waals surface area contributed by atoms with Gasteiger partial charge in [-0.25, -0.2) is 4.79 Å². The Balaban J connectivity index is 1.99. The highest BCUT2D eigenvalue weighted by Gasteiger charge is 2.47. The van der Waals surface area contributed by atoms with Gasteiger partial charge in [0, 0.05) is 18.9 Å². The molecule has 1 heterocycles. The molecule has 3 atom stereocenters. The van der Waals surface area contributed by atoms with E-state index in [2.05, 4.69) is 5.92 Å². The van der Waals surface area contributed by atoms with Crippen LogP contribution in [0.4, 0.5) is 0 Å². The highest BCUT2D eigenvalue weighted by Crippen LogP contribution is 2.40. The van der Waals surface area contributed by atoms with Crippen LogP contribution in [0.15, 0.2) is 0 Å². The number of nitrogens with zero attached hydrogens (tertiary/aromatic N) is 1. The van der Waals surface area contributed by atoms with Crippen LogP contribution >= 0.6 is 0 Å². The minimum atomic E-state index is -0.851. The molecule has 1 amide bonds. The molecule has 4 nitrogen and oxygen atoms in total. The van der Waals surface area contributed by atoms with E-state index in [9.17, 15) is 14.7 Å². The molecular weight excluding hydrogens is 254 g/mol. The zero-order valence-electron chi connectivity index (χ0n) is 11.9. The minimum absolute atomic E-state index is 0.00354. The number of amides is 1. The maximum Gasteiger partial charge on any atom is 0.326 e. The van der Waals surface area contributed by atoms with Crippen LogP contribution in [0.5, 0.6) is 0 Å². The summed E-state index contributed by atoms with van der Waals surface area (Å²) in [5, 5.41) is 9.37. The molecule has 2 aliphatic rings. The van der Waals surface area contributed by atoms with Crippen LogP contribution in [0.25, 0.3) is 0 Å². The van der Waals surface area contributed by atoms with Gasteiger partial charge in [0.1, 0.15) is 6.04 Å². The average molecular weight is 277 g/mol. The predicted octanol–water partition coefficient (Wildman–Crippen LogP) is 2.42. The largest absolute Gasteiger partial charge is 0.480 e. The summed E-state index contributed by atoms with van der Waals surface area (Å²) in [6.45, 7) is 0. The summed E-state index contributed by atoms with van der Waals surface area (Å²) < 4.78 is 0. The van der Waals surface area contributed by atoms with Crippen molar-refractivity contribution in [2.45, 2.75) is 69.9 Å². The maximum absolute atomic E-state index is 12.4. The molecule has 0 bridgehead atoms. The smallest absolute Gasteiger partial charge is 0.326 e. The van der Waals surface area contributed by atoms with Gasteiger partial charge in [0.25, 0.3) is 0 Å². The lowest BCUT2D eigenvalue weighted by Gasteiger charge is -2.33. The van der Waals surface area contributed by atoms with Gasteiger partial charge in [-0.3, -0.25) is 4.79 Å². The van der Waals surface area contributed by atoms with E-state index in [1.54, 1.807) is 4.90 Å². The summed E-state index contributed by atoms with van der Waals surface area (Å²) in [7, 11) is 0. The van der Waals surface area contributed by atoms with Gasteiger partial charge in [-0.15, -0.1) is 12.3 Å². The first-order valence-electron chi connectivity index (χ1n) is 7.62. The van der Waals surface area contributed by atoms with Crippen LogP contribution < -0.4 is 0 Å². The standard InChI is InChI=1S/C16H23NO3/c1-2-3-4-5-10-15(18)17-13-9-7-6-8-12(13)11-14(17)16(19)20/h1,12-14H,3-11H2,(H,19,20). The fourth-order valence-corrected chi connectivity index (χ4v) is 3.67. The van der Waals surface area contributed by atoms with Crippen molar-refractivity contribution in [1.82, 2.24) is 4.90 Å². The Hall–Kier alpha value is -1.50. The zero-order chi connectivity index (χ0) is 14.5. The first-order chi connectivity index (χ1) is 9.65. The second-order valence-electron chi connectivity index (χ2n) is 5.91. The summed E-state index contributed by atoms with van der Waals surface area (Å²) >= 11 is 0. The molecule has 0 radical (unpaired) electrons. The Morgan fingerprint density at radius 3 is 2.70 bits per heavy atom. The lowest BCUT2D eigenvalue weighted by molar-refractivity contribution is -0.149. The number of carboxylic acids is 1. The van der Waals surface area contributed by atoms with Gasteiger partial charge in [0.2, 0.25) is 5.91 Å². The Labute approximate surface area is 120 Å². The van der Waals surface area contributed by atoms with Crippen molar-refractivity contribution in [2.24, 2.45) is 5.92 Å². The van der Waals surface area contributed by atoms with Crippen molar-refractivity contribution in [2.75, 3.05) is 0 Å². The van der Waals surface area contributed by atoms with Crippen molar-refractivity contribution in [3.05, 3.63) is 0 Å². The predicted molar refractivity (Wildman–Crippen MR) is 75.9 cm³/mol. The number of likely N-dealkylation sites (tertiary alicyclic amines) is 1. The molecule has 1 saturated carbocycles. The van der Waals surface area contributed by atoms with E-state index in [0.717, 1.165) is 38.5 Å². The monoisotopic (exact) mass is 277 g/mol. The Kier molecular flexibility index (Phi) is 5.05. The molecule has 0 aromatic carbocycles. The molecule has 1 aliphatic heterocycles. The summed E-state index contributed by atoms with van der Waals surface area (Å²) in [5.41, 5.74) is 0. The van der Waals surface area contributed by atoms with Crippen molar-refractivity contribution in [3.63, 3.8) is 0 Å². The number of hydrogen-bond acceptors (Lipinski definition) is 2. The summed E-state index contributed by atoms with van der Waals surface area (Å²) in [5.74, 6) is 2.11. The van der Waals surface area contributed by atoms with Crippen LogP contribution in [0.2, 0.25) is 0 Å². The summed E-state index contributed by atoms with van der Waals surface area (Å²) in [6, 6.07) is -0.451. The SMILES string of the molecule is C#CCCCCC(=O)N1C(C(=O)O)CC2CCCCC21. The van der Waals surface area contributed by atoms with Crippen molar-refractivity contribution >= 4 is 11.9 Å². The van der Waals surface area contributed by atoms with Crippen LogP contribution in [0.1, 0.15) is 57.8 Å². The number of terminal acetylenes is 1. The lowest BCUT2D eigenvalue weighted by Crippen LogP contribution is -2.46. The third kappa shape index (κ3) is 3.15. The number of carbonyl (C=O) groups is 2. The molecule has 3 unspecified atom stereocenters. The topological polar surface area (TPSA) is 57.6 Å². The molecule has 2 rings (SSSR count). The van der Waals surface area contributed by atoms with Crippen LogP contribution in [0.3, 0.4) is 0 Å². The van der Waals surface area contributed by atoms with E-state index in [-0.39, 0.29) is 11.9 Å². The molecular formula is C16H23NO3. The van der Waals surface area contributed by atoms with E-state index in [1.165, 1.54) is 0 Å². The number of hydrogen-bond donors (Lipinski definition) is 1. The van der Waals surface area contributed by atoms with E-state index >= 15 is 0 Å². The normalized spacial score (nSPS) is 28.8. The van der Waals surface area contributed by atoms with Gasteiger partial charge in [-0.1, -0.05) is 12.8 Å². The molecule has 2 fully saturated rings. The Morgan fingerprint density at radius 2 is 2.00 bits per heavy atom. The number of fused-ring (bicyclic) bond motifs is 1. The molecule has 1 saturated heterocycles. The van der Waals surface area contributed by atoms with Crippen LogP contribution in [-0.4, -0.2) is 34.0 Å². The van der Waals surface area contributed by atoms with Gasteiger partial charge >= 0.3 is 5.97 Å². The zero-order valence-corrected chi connectivity index (χ0v) is 11.9. The first-order valence-corrected chi connectivity index (χ1v) is 7.62. The molecule has 20 heavy (non-hydrogen) atoms. The Morgan fingerprint density at radius 1 is 1.25 bits per heavy atom. The van der Waals surface area contributed by atoms with Crippen LogP contribution in [-0.2, 0) is 9.59 Å². The Bertz CT molecular complexity index is 412. The maximum atomic E-state index is 12.4. The molecule has 0 aromatic rings. The van der Waals surface area contributed by atoms with Gasteiger partial charge in [-0.2, -0.15) is 0 Å². The second kappa shape index (κ2) is 6.78. The third-order valence-electron chi connectivity index (χ3n) is 4.62. The van der Waals surface area contributed by atoms with Gasteiger partial charge < -0.3 is 10.0 Å². The van der Waals surface area contributed by atoms with Crippen molar-refractivity contribution in [3.8, 4) is 12.3 Å². The van der Waals surface area contributed by atoms with E-state index in [0.29, 0.717) is 25.2 Å². The lowest BCUT2D eigenvalue weighted by atomic mass is 9.84. The second-order valence-corrected chi connectivity index (χ2v) is 5.91. The summed E-state index contributed by atoms with van der Waals surface area (Å²) in [6.07, 6.45) is 12.8. The van der Waals surface area contributed by atoms with Gasteiger partial charge in [-0.05, 0) is 38.0 Å². The van der Waals surface area contributed by atoms with E-state index in [4.69, 9.17) is 6.42 Å². The number of carbonyl (C=O) groups excluding carboxylic acids is 1. The van der Waals surface area contributed by atoms with Crippen molar-refractivity contribution in [1.29, 1.82) is 0 Å². The molecule has 0 aromatic heterocycles. The average Bonchev–Trinajstić information content (AvgIpc) is 2.83.